The first-order chi connectivity index (χ1) is 64.1. The number of allylic oxidation sites excluding steroid dienone is 10. The number of unbranched alkanes of at least 4 members (excludes halogenated alkanes) is 32. The summed E-state index contributed by atoms with van der Waals surface area (Å²) in [7, 11) is 0. The van der Waals surface area contributed by atoms with Crippen molar-refractivity contribution in [2.45, 2.75) is 396 Å². The van der Waals surface area contributed by atoms with Crippen LogP contribution in [-0.4, -0.2) is 24.8 Å². The number of nitriles is 3. The van der Waals surface area contributed by atoms with Gasteiger partial charge in [-0.15, -0.1) is 45.3 Å². The van der Waals surface area contributed by atoms with Crippen LogP contribution in [0.5, 0.6) is 17.2 Å². The van der Waals surface area contributed by atoms with Crippen LogP contribution in [0.1, 0.15) is 437 Å². The number of fused-ring (bicyclic) bond motifs is 5. The van der Waals surface area contributed by atoms with Crippen molar-refractivity contribution in [3.63, 3.8) is 0 Å². The van der Waals surface area contributed by atoms with Gasteiger partial charge in [0.15, 0.2) is 11.6 Å². The fourth-order valence-corrected chi connectivity index (χ4v) is 24.7. The van der Waals surface area contributed by atoms with Gasteiger partial charge in [0.1, 0.15) is 40.6 Å². The molecule has 17 heteroatoms. The molecule has 2 aromatic carbocycles. The number of carbonyl (C=O) groups excluding carboxylic acids is 2. The number of thiophene rings is 4. The molecule has 4 atom stereocenters. The molecule has 0 fully saturated rings. The van der Waals surface area contributed by atoms with E-state index >= 15 is 0 Å². The monoisotopic (exact) mass is 1940 g/mol. The maximum absolute atomic E-state index is 14.5. The Bertz CT molecular complexity index is 4930. The van der Waals surface area contributed by atoms with Gasteiger partial charge in [0.2, 0.25) is 0 Å². The van der Waals surface area contributed by atoms with Gasteiger partial charge in [0.05, 0.1) is 70.3 Å². The Kier molecular flexibility index (Phi) is 49.3. The van der Waals surface area contributed by atoms with Gasteiger partial charge in [-0.25, -0.2) is 10.1 Å². The summed E-state index contributed by atoms with van der Waals surface area (Å²) < 4.78 is 23.1. The van der Waals surface area contributed by atoms with Crippen LogP contribution in [0, 0.1) is 76.1 Å². The van der Waals surface area contributed by atoms with E-state index in [1.54, 1.807) is 58.3 Å². The highest BCUT2D eigenvalue weighted by Gasteiger charge is 2.45. The zero-order valence-corrected chi connectivity index (χ0v) is 88.1. The number of rotatable bonds is 66. The number of halogens is 4. The van der Waals surface area contributed by atoms with Gasteiger partial charge in [-0.05, 0) is 153 Å². The largest absolute Gasteiger partial charge is 0.492 e. The van der Waals surface area contributed by atoms with Crippen LogP contribution in [0.2, 0.25) is 20.1 Å². The minimum absolute atomic E-state index is 0.177. The van der Waals surface area contributed by atoms with Crippen molar-refractivity contribution in [1.82, 2.24) is 0 Å². The molecular weight excluding hydrogens is 1790 g/mol. The highest BCUT2D eigenvalue weighted by Crippen LogP contribution is 2.61. The van der Waals surface area contributed by atoms with Crippen LogP contribution in [0.3, 0.4) is 0 Å². The molecule has 0 bridgehead atoms. The summed E-state index contributed by atoms with van der Waals surface area (Å²) >= 11 is 33.3. The second kappa shape index (κ2) is 59.6. The van der Waals surface area contributed by atoms with Crippen LogP contribution in [0.25, 0.3) is 57.4 Å². The number of Topliss-reactive ketones (excluding diaryl/α,β-unsaturated/α-hetero) is 2. The van der Waals surface area contributed by atoms with Crippen LogP contribution >= 0.6 is 91.8 Å². The quantitative estimate of drug-likeness (QED) is 0.0159. The van der Waals surface area contributed by atoms with Gasteiger partial charge in [-0.3, -0.25) is 9.59 Å². The molecular formula is C115H154Cl4N4O5S4. The van der Waals surface area contributed by atoms with E-state index in [4.69, 9.17) is 67.2 Å². The first-order valence-electron chi connectivity index (χ1n) is 51.6. The van der Waals surface area contributed by atoms with E-state index in [1.807, 2.05) is 35.6 Å². The van der Waals surface area contributed by atoms with Crippen molar-refractivity contribution in [2.24, 2.45) is 35.5 Å². The minimum atomic E-state index is -0.679. The Morgan fingerprint density at radius 2 is 0.758 bits per heavy atom. The minimum Gasteiger partial charge on any atom is -0.492 e. The Hall–Kier alpha value is -6.46. The summed E-state index contributed by atoms with van der Waals surface area (Å²) in [4.78, 5) is 41.0. The van der Waals surface area contributed by atoms with Gasteiger partial charge in [0.25, 0.3) is 5.70 Å². The van der Waals surface area contributed by atoms with E-state index in [-0.39, 0.29) is 65.2 Å². The summed E-state index contributed by atoms with van der Waals surface area (Å²) in [6.07, 6.45) is 72.6. The van der Waals surface area contributed by atoms with E-state index < -0.39 is 5.60 Å². The van der Waals surface area contributed by atoms with Gasteiger partial charge < -0.3 is 14.2 Å². The first-order valence-corrected chi connectivity index (χ1v) is 56.3. The standard InChI is InChI=1S/C115H154Cl4N4O5S4/c1-12-16-20-24-28-32-34-38-42-46-58-85(56-44-40-36-30-26-22-18-14-3)79-126-102-68-88(60-50-62-90-107(87(76-120)77-121)92-70-97(116)99(118)72-94(92)109(90)124)129-112(102)105-74-96-111(131-105)114-104(128-115(96,66-64-83(9)54-48-52-81(5)6)67-65-84(10)55-49-53-82(7)8)75-106(132-114)113-103(127-80-86(57-45-41-37-31-27-23-19-15-4)59-47-43-39-35-33-29-25-21-17-13-2)69-89(130-113)61-51-63-91-108(101(78-122)123-11)93-71-98(117)100(119)73-95(93)110(91)125/h50-51,60-63,68-75,81-86H,12-49,52-59,64-67,79-80H2,1-10H3/b60-50+,61-51+,90-62-,91-63-,108-101-. The Morgan fingerprint density at radius 1 is 0.409 bits per heavy atom. The summed E-state index contributed by atoms with van der Waals surface area (Å²) in [5.74, 6) is 4.83. The SMILES string of the molecule is [C-]#[N+]/C(C#N)=C1/C(=C/C=C/c2cc(OCC(CCCCCCCCCC)CCCCCCCCCCCC)c(-c3cc4c(s3)-c3sc(-c5sc(/C=C/C=C6\C(=O)c7cc(Cl)c(Cl)cc7C6=C(C#N)C#N)cc5OCC(CCCCCCCCCC)CCCCCCCCCCCC)cc3C(CCC(C)CCCC(C)C)(CCC(C)CCCC(C)C)O4)s2)C(=O)c2cc(Cl)c(Cl)cc21. The number of ether oxygens (including phenoxy) is 3. The van der Waals surface area contributed by atoms with Crippen LogP contribution in [-0.2, 0) is 5.60 Å². The molecule has 2 aliphatic carbocycles. The third-order valence-electron chi connectivity index (χ3n) is 27.3. The van der Waals surface area contributed by atoms with Crippen molar-refractivity contribution >= 4 is 127 Å². The van der Waals surface area contributed by atoms with Crippen LogP contribution in [0.4, 0.5) is 0 Å². The van der Waals surface area contributed by atoms with Crippen molar-refractivity contribution in [3.05, 3.63) is 164 Å². The maximum atomic E-state index is 14.5. The number of hydrogen-bond acceptors (Lipinski definition) is 12. The second-order valence-electron chi connectivity index (χ2n) is 39.3. The number of ketones is 2. The van der Waals surface area contributed by atoms with Crippen molar-refractivity contribution in [2.75, 3.05) is 13.2 Å². The summed E-state index contributed by atoms with van der Waals surface area (Å²) in [6.45, 7) is 32.7. The molecule has 4 aromatic heterocycles. The predicted molar refractivity (Wildman–Crippen MR) is 569 cm³/mol. The van der Waals surface area contributed by atoms with Gasteiger partial charge in [0, 0.05) is 59.7 Å². The van der Waals surface area contributed by atoms with E-state index in [9.17, 15) is 25.4 Å². The normalized spacial score (nSPS) is 16.0. The van der Waals surface area contributed by atoms with Crippen LogP contribution in [0.15, 0.2) is 95.3 Å². The Labute approximate surface area is 833 Å². The molecule has 3 aliphatic rings. The average Bonchev–Trinajstić information content (AvgIpc) is 1.56. The zero-order chi connectivity index (χ0) is 94.6. The molecule has 1 aliphatic heterocycles. The smallest absolute Gasteiger partial charge is 0.270 e. The van der Waals surface area contributed by atoms with E-state index in [2.05, 4.69) is 117 Å². The summed E-state index contributed by atoms with van der Waals surface area (Å²) in [5.41, 5.74) is 2.57. The van der Waals surface area contributed by atoms with Crippen molar-refractivity contribution in [1.29, 1.82) is 15.8 Å². The second-order valence-corrected chi connectivity index (χ2v) is 45.2. The molecule has 4 unspecified atom stereocenters. The predicted octanol–water partition coefficient (Wildman–Crippen LogP) is 39.9. The fraction of sp³-hybridized carbons (Fsp3) is 0.600. The highest BCUT2D eigenvalue weighted by molar-refractivity contribution is 7.29. The summed E-state index contributed by atoms with van der Waals surface area (Å²) in [5, 5.41) is 32.1. The first kappa shape index (κ1) is 109. The van der Waals surface area contributed by atoms with E-state index in [1.165, 1.54) is 279 Å². The Balaban J connectivity index is 1.19. The maximum Gasteiger partial charge on any atom is 0.270 e. The molecule has 0 amide bonds. The third-order valence-corrected chi connectivity index (χ3v) is 33.7. The number of nitrogens with zero attached hydrogens (tertiary/aromatic N) is 4. The molecule has 0 saturated heterocycles. The molecule has 9 rings (SSSR count). The zero-order valence-electron chi connectivity index (χ0n) is 81.8. The molecule has 132 heavy (non-hydrogen) atoms. The molecule has 9 nitrogen and oxygen atoms in total. The lowest BCUT2D eigenvalue weighted by atomic mass is 9.78. The number of hydrogen-bond donors (Lipinski definition) is 0. The topological polar surface area (TPSA) is 138 Å². The molecule has 0 radical (unpaired) electrons. The Morgan fingerprint density at radius 3 is 1.12 bits per heavy atom. The third kappa shape index (κ3) is 33.7. The van der Waals surface area contributed by atoms with Crippen molar-refractivity contribution < 1.29 is 23.8 Å². The molecule has 0 saturated carbocycles. The van der Waals surface area contributed by atoms with Gasteiger partial charge in [-0.1, -0.05) is 410 Å². The molecule has 716 valence electrons. The average molecular weight is 1940 g/mol. The molecule has 5 heterocycles. The fourth-order valence-electron chi connectivity index (χ4n) is 19.3. The van der Waals surface area contributed by atoms with Crippen LogP contribution < -0.4 is 14.2 Å². The van der Waals surface area contributed by atoms with Gasteiger partial charge in [-0.2, -0.15) is 10.5 Å². The molecule has 6 aromatic rings. The highest BCUT2D eigenvalue weighted by atomic mass is 35.5. The number of benzene rings is 2. The lowest BCUT2D eigenvalue weighted by Gasteiger charge is -2.39. The lowest BCUT2D eigenvalue weighted by Crippen LogP contribution is -2.36. The number of carbonyl (C=O) groups is 2. The molecule has 0 N–H and O–H groups in total. The lowest BCUT2D eigenvalue weighted by molar-refractivity contribution is 0.0324. The summed E-state index contributed by atoms with van der Waals surface area (Å²) in [6, 6.07) is 21.6. The van der Waals surface area contributed by atoms with E-state index in [0.717, 1.165) is 116 Å². The van der Waals surface area contributed by atoms with Gasteiger partial charge >= 0.3 is 0 Å². The van der Waals surface area contributed by atoms with Crippen molar-refractivity contribution in [3.8, 4) is 64.7 Å². The van der Waals surface area contributed by atoms with E-state index in [0.29, 0.717) is 71.0 Å². The molecule has 0 spiro atoms.